The Morgan fingerprint density at radius 2 is 1.42 bits per heavy atom. The van der Waals surface area contributed by atoms with E-state index >= 15 is 8.42 Å². The van der Waals surface area contributed by atoms with Gasteiger partial charge in [-0.15, -0.1) is 5.10 Å². The molecule has 6 aromatic carbocycles. The van der Waals surface area contributed by atoms with Gasteiger partial charge in [-0.25, -0.2) is 26.3 Å². The summed E-state index contributed by atoms with van der Waals surface area (Å²) in [4.78, 5) is 66.5. The second-order valence-corrected chi connectivity index (χ2v) is 28.6. The van der Waals surface area contributed by atoms with Gasteiger partial charge < -0.3 is 41.7 Å². The maximum Gasteiger partial charge on any atom is 0.315 e. The summed E-state index contributed by atoms with van der Waals surface area (Å²) in [6, 6.07) is 34.3. The highest BCUT2D eigenvalue weighted by Gasteiger charge is 2.43. The summed E-state index contributed by atoms with van der Waals surface area (Å²) in [6.07, 6.45) is 5.03. The number of aliphatic hydroxyl groups is 1. The number of thioether (sulfide) groups is 1. The van der Waals surface area contributed by atoms with Crippen molar-refractivity contribution in [2.75, 3.05) is 44.4 Å². The van der Waals surface area contributed by atoms with E-state index in [2.05, 4.69) is 36.9 Å². The van der Waals surface area contributed by atoms with E-state index in [1.807, 2.05) is 61.9 Å². The first-order valence-corrected chi connectivity index (χ1v) is 34.4. The molecule has 4 heterocycles. The lowest BCUT2D eigenvalue weighted by Crippen LogP contribution is -2.47. The van der Waals surface area contributed by atoms with Gasteiger partial charge in [-0.3, -0.25) is 19.2 Å². The molecule has 2 saturated heterocycles. The average Bonchev–Trinajstić information content (AvgIpc) is 1.08. The number of aliphatic hydroxyl groups excluding tert-OH is 1. The molecule has 24 heteroatoms. The summed E-state index contributed by atoms with van der Waals surface area (Å²) in [5.74, 6) is -0.798. The molecule has 90 heavy (non-hydrogen) atoms. The number of fused-ring (bicyclic) bond motifs is 2. The van der Waals surface area contributed by atoms with Crippen LogP contribution in [-0.2, 0) is 53.6 Å². The molecule has 10 rings (SSSR count). The molecule has 7 N–H and O–H groups in total. The molecule has 2 unspecified atom stereocenters. The Labute approximate surface area is 528 Å². The van der Waals surface area contributed by atoms with E-state index in [1.165, 1.54) is 53.3 Å². The van der Waals surface area contributed by atoms with Gasteiger partial charge in [-0.05, 0) is 91.1 Å². The van der Waals surface area contributed by atoms with Crippen molar-refractivity contribution in [1.29, 1.82) is 0 Å². The number of urea groups is 1. The number of sulfone groups is 1. The molecule has 5 amide bonds. The van der Waals surface area contributed by atoms with Crippen LogP contribution in [0.15, 0.2) is 154 Å². The highest BCUT2D eigenvalue weighted by atomic mass is 32.2. The van der Waals surface area contributed by atoms with Crippen LogP contribution < -0.4 is 31.5 Å². The van der Waals surface area contributed by atoms with Crippen LogP contribution in [0, 0.1) is 0 Å². The Hall–Kier alpha value is -8.16. The molecule has 7 aromatic rings. The van der Waals surface area contributed by atoms with Crippen LogP contribution in [0.5, 0.6) is 5.75 Å². The number of unbranched alkanes of at least 4 members (excludes halogenated alkanes) is 3. The highest BCUT2D eigenvalue weighted by molar-refractivity contribution is 8.00. The third-order valence-corrected chi connectivity index (χ3v) is 22.3. The first-order valence-electron chi connectivity index (χ1n) is 30.4. The monoisotopic (exact) mass is 1280 g/mol. The molecule has 474 valence electrons. The fourth-order valence-corrected chi connectivity index (χ4v) is 17.5. The Bertz CT molecular complexity index is 3960. The number of aromatic hydroxyl groups is 1. The first kappa shape index (κ1) is 64.8. The van der Waals surface area contributed by atoms with Crippen LogP contribution in [0.3, 0.4) is 0 Å². The number of aromatic nitrogens is 3. The van der Waals surface area contributed by atoms with E-state index in [1.54, 1.807) is 66.7 Å². The van der Waals surface area contributed by atoms with Gasteiger partial charge in [0.05, 0.1) is 46.8 Å². The number of nitrogens with zero attached hydrogens (tertiary/aromatic N) is 5. The van der Waals surface area contributed by atoms with Gasteiger partial charge in [0.15, 0.2) is 5.78 Å². The van der Waals surface area contributed by atoms with Gasteiger partial charge in [-0.2, -0.15) is 16.1 Å². The molecule has 2 fully saturated rings. The van der Waals surface area contributed by atoms with E-state index in [9.17, 15) is 42.6 Å². The first-order chi connectivity index (χ1) is 43.2. The maximum absolute atomic E-state index is 15.1. The topological polar surface area (TPSA) is 291 Å². The summed E-state index contributed by atoms with van der Waals surface area (Å²) in [7, 11) is -5.42. The lowest BCUT2D eigenvalue weighted by molar-refractivity contribution is -0.129. The van der Waals surface area contributed by atoms with Crippen LogP contribution in [0.1, 0.15) is 109 Å². The smallest absolute Gasteiger partial charge is 0.315 e. The van der Waals surface area contributed by atoms with E-state index in [-0.39, 0.29) is 84.4 Å². The van der Waals surface area contributed by atoms with E-state index in [0.29, 0.717) is 76.1 Å². The molecule has 0 aliphatic carbocycles. The zero-order valence-corrected chi connectivity index (χ0v) is 52.9. The Kier molecular flexibility index (Phi) is 20.7. The molecule has 1 aromatic heterocycles. The number of anilines is 1. The van der Waals surface area contributed by atoms with Crippen LogP contribution in [0.25, 0.3) is 10.8 Å². The lowest BCUT2D eigenvalue weighted by Gasteiger charge is -2.32. The number of nitrogens with one attached hydrogen (secondary N) is 5. The fourth-order valence-electron chi connectivity index (χ4n) is 12.1. The minimum atomic E-state index is -4.67. The summed E-state index contributed by atoms with van der Waals surface area (Å²) in [6.45, 7) is 1.44. The maximum atomic E-state index is 15.1. The van der Waals surface area contributed by atoms with E-state index in [0.717, 1.165) is 35.0 Å². The van der Waals surface area contributed by atoms with Crippen LogP contribution in [0.4, 0.5) is 10.5 Å². The molecule has 0 spiro atoms. The summed E-state index contributed by atoms with van der Waals surface area (Å²) in [5, 5.41) is 47.7. The molecular weight excluding hydrogens is 1200 g/mol. The number of carbonyl (C=O) groups excluding carboxylic acids is 5. The van der Waals surface area contributed by atoms with Gasteiger partial charge in [0.2, 0.25) is 37.6 Å². The third kappa shape index (κ3) is 15.2. The van der Waals surface area contributed by atoms with Crippen molar-refractivity contribution in [3.8, 4) is 5.75 Å². The molecule has 3 aliphatic rings. The average molecular weight is 1280 g/mol. The number of rotatable bonds is 26. The number of β-amino-alcohol motifs (C(OH)–C–C–N with tert-alkyl or cyclic N) is 1. The van der Waals surface area contributed by atoms with Crippen molar-refractivity contribution in [3.05, 3.63) is 173 Å². The van der Waals surface area contributed by atoms with Crippen LogP contribution in [-0.4, -0.2) is 145 Å². The number of hydrogen-bond donors (Lipinski definition) is 7. The largest absolute Gasteiger partial charge is 0.508 e. The quantitative estimate of drug-likeness (QED) is 0.0164. The highest BCUT2D eigenvalue weighted by Crippen LogP contribution is 2.42. The van der Waals surface area contributed by atoms with Gasteiger partial charge in [0, 0.05) is 91.6 Å². The predicted octanol–water partition coefficient (Wildman–Crippen LogP) is 6.97. The number of hydrogen-bond acceptors (Lipinski definition) is 15. The molecule has 21 nitrogen and oxygen atoms in total. The van der Waals surface area contributed by atoms with Crippen molar-refractivity contribution >= 4 is 77.6 Å². The summed E-state index contributed by atoms with van der Waals surface area (Å²) < 4.78 is 62.5. The van der Waals surface area contributed by atoms with Crippen molar-refractivity contribution < 1.29 is 51.0 Å². The number of amides is 5. The van der Waals surface area contributed by atoms with Crippen molar-refractivity contribution in [2.45, 2.75) is 134 Å². The minimum Gasteiger partial charge on any atom is -0.508 e. The van der Waals surface area contributed by atoms with Gasteiger partial charge in [0.1, 0.15) is 22.4 Å². The Balaban J connectivity index is 0.817. The molecule has 7 atom stereocenters. The fraction of sp³-hybridized carbons (Fsp3) is 0.379. The van der Waals surface area contributed by atoms with Crippen molar-refractivity contribution in [3.63, 3.8) is 0 Å². The van der Waals surface area contributed by atoms with E-state index < -0.39 is 66.2 Å². The molecular formula is C66H76N10O11S3. The van der Waals surface area contributed by atoms with Gasteiger partial charge in [0.25, 0.3) is 0 Å². The Morgan fingerprint density at radius 1 is 0.744 bits per heavy atom. The number of carbonyl (C=O) groups is 5. The summed E-state index contributed by atoms with van der Waals surface area (Å²) in [5.41, 5.74) is 3.93. The molecule has 3 aliphatic heterocycles. The number of phenols is 1. The molecule has 0 bridgehead atoms. The number of phenolic OH excluding ortho intramolecular Hbond substituents is 1. The van der Waals surface area contributed by atoms with Crippen molar-refractivity contribution in [1.82, 2.24) is 45.9 Å². The number of sulfonamides is 1. The molecule has 0 saturated carbocycles. The second kappa shape index (κ2) is 28.8. The lowest BCUT2D eigenvalue weighted by atomic mass is 9.93. The number of benzene rings is 6. The summed E-state index contributed by atoms with van der Waals surface area (Å²) >= 11 is 1.85. The minimum absolute atomic E-state index is 0.00352. The normalized spacial score (nSPS) is 19.3. The molecule has 0 radical (unpaired) electrons. The van der Waals surface area contributed by atoms with Crippen molar-refractivity contribution in [2.24, 2.45) is 0 Å². The SMILES string of the molecule is CC1CN(CC(O)[C@H](Cc2ccc(O)cc2)n2cc(CNC(=O)[C@H](Cc3ccc(C(=O)c4ccccc4)cc3)NC(=O)CCCCCNC(=O)CCCC[C@@H]3SC[C@@H]4NC(=O)N[C@@H]43)nn2)S(=O)(=O)c2ccccc2S(=O)(=O)c2cccc3c(N(C)C)ccc1c23. The van der Waals surface area contributed by atoms with Crippen LogP contribution >= 0.6 is 11.8 Å². The van der Waals surface area contributed by atoms with Crippen LogP contribution in [0.2, 0.25) is 0 Å². The zero-order valence-electron chi connectivity index (χ0n) is 50.5. The predicted molar refractivity (Wildman–Crippen MR) is 343 cm³/mol. The zero-order chi connectivity index (χ0) is 63.7. The van der Waals surface area contributed by atoms with Gasteiger partial charge >= 0.3 is 6.03 Å². The Morgan fingerprint density at radius 3 is 2.18 bits per heavy atom. The number of ketones is 1. The van der Waals surface area contributed by atoms with Gasteiger partial charge in [-0.1, -0.05) is 122 Å². The third-order valence-electron chi connectivity index (χ3n) is 16.9. The standard InChI is InChI=1S/C66H76N10O11S3/c1-42-38-75(90(86,87)58-20-11-10-19-57(58)89(84,85)59-21-14-17-50-53(74(2)3)33-32-49(42)62(50)59)40-55(78)54(36-44-26-30-48(77)31-27-44)76-39-47(72-73-76)37-68-65(82)51(35-43-24-28-46(29-25-43)64(81)45-15-6-4-7-16-45)69-61(80)23-8-5-13-34-67-60(79)22-12-9-18-56-63-52(41-88-56)70-66(83)71-63/h4,6-7,10-11,14-17,19-21,24-33,39,42,51-52,54-56,63,77-78H,5,8-9,12-13,18,22-23,34-38,40-41H2,1-3H3,(H,67,79)(H,68,82)(H,69,80)(H2,70,71,83)/t42?,51-,52-,54-,55?,56-,63-/m0/s1. The second-order valence-electron chi connectivity index (χ2n) is 23.6. The van der Waals surface area contributed by atoms with E-state index in [4.69, 9.17) is 0 Å².